The number of carbonyl (C=O) groups is 1. The Balaban J connectivity index is 1.40. The average Bonchev–Trinajstić information content (AvgIpc) is 3.25. The lowest BCUT2D eigenvalue weighted by molar-refractivity contribution is -0.127. The van der Waals surface area contributed by atoms with Crippen LogP contribution >= 0.6 is 0 Å². The molecule has 23 heavy (non-hydrogen) atoms. The van der Waals surface area contributed by atoms with Crippen LogP contribution in [0.5, 0.6) is 0 Å². The van der Waals surface area contributed by atoms with Gasteiger partial charge in [0.25, 0.3) is 0 Å². The zero-order valence-corrected chi connectivity index (χ0v) is 12.8. The van der Waals surface area contributed by atoms with Gasteiger partial charge in [-0.05, 0) is 12.8 Å². The van der Waals surface area contributed by atoms with Gasteiger partial charge in [0.05, 0.1) is 19.3 Å². The molecule has 1 aliphatic heterocycles. The van der Waals surface area contributed by atoms with Crippen LogP contribution in [0.15, 0.2) is 30.3 Å². The van der Waals surface area contributed by atoms with Crippen molar-refractivity contribution in [3.63, 3.8) is 0 Å². The van der Waals surface area contributed by atoms with Crippen LogP contribution < -0.4 is 5.32 Å². The van der Waals surface area contributed by atoms with Crippen LogP contribution in [0, 0.1) is 0 Å². The molecule has 1 aliphatic rings. The molecule has 122 valence electrons. The molecule has 2 N–H and O–H groups in total. The summed E-state index contributed by atoms with van der Waals surface area (Å²) in [6.45, 7) is 1.57. The summed E-state index contributed by atoms with van der Waals surface area (Å²) in [4.78, 5) is 16.1. The molecule has 1 fully saturated rings. The van der Waals surface area contributed by atoms with E-state index in [4.69, 9.17) is 9.47 Å². The van der Waals surface area contributed by atoms with Gasteiger partial charge in [0.1, 0.15) is 12.4 Å². The molecule has 7 nitrogen and oxygen atoms in total. The number of amides is 1. The maximum absolute atomic E-state index is 11.7. The molecule has 0 bridgehead atoms. The third-order valence-electron chi connectivity index (χ3n) is 3.58. The van der Waals surface area contributed by atoms with Gasteiger partial charge in [-0.3, -0.25) is 9.89 Å². The van der Waals surface area contributed by atoms with Gasteiger partial charge in [-0.15, -0.1) is 0 Å². The van der Waals surface area contributed by atoms with Gasteiger partial charge in [-0.2, -0.15) is 5.10 Å². The second-order valence-corrected chi connectivity index (χ2v) is 5.40. The van der Waals surface area contributed by atoms with Crippen molar-refractivity contribution in [3.8, 4) is 11.4 Å². The largest absolute Gasteiger partial charge is 0.376 e. The lowest BCUT2D eigenvalue weighted by atomic mass is 10.2. The third kappa shape index (κ3) is 4.61. The minimum absolute atomic E-state index is 0.0273. The smallest absolute Gasteiger partial charge is 0.246 e. The van der Waals surface area contributed by atoms with Crippen LogP contribution in [-0.4, -0.2) is 47.0 Å². The Bertz CT molecular complexity index is 623. The molecule has 1 amide bonds. The highest BCUT2D eigenvalue weighted by molar-refractivity contribution is 5.77. The molecule has 0 spiro atoms. The Kier molecular flexibility index (Phi) is 5.33. The SMILES string of the molecule is O=C(COCC1CCCO1)NCc1nc(-c2ccccc2)n[nH]1. The molecule has 1 aromatic heterocycles. The van der Waals surface area contributed by atoms with Crippen molar-refractivity contribution in [3.05, 3.63) is 36.2 Å². The average molecular weight is 316 g/mol. The molecule has 1 unspecified atom stereocenters. The molecule has 2 heterocycles. The lowest BCUT2D eigenvalue weighted by Crippen LogP contribution is -2.29. The number of aromatic nitrogens is 3. The number of benzene rings is 1. The highest BCUT2D eigenvalue weighted by atomic mass is 16.5. The van der Waals surface area contributed by atoms with Crippen LogP contribution in [0.1, 0.15) is 18.7 Å². The van der Waals surface area contributed by atoms with E-state index in [0.29, 0.717) is 24.8 Å². The second kappa shape index (κ2) is 7.85. The van der Waals surface area contributed by atoms with E-state index in [1.807, 2.05) is 30.3 Å². The Morgan fingerprint density at radius 2 is 2.26 bits per heavy atom. The van der Waals surface area contributed by atoms with Crippen molar-refractivity contribution in [1.82, 2.24) is 20.5 Å². The van der Waals surface area contributed by atoms with E-state index in [1.54, 1.807) is 0 Å². The van der Waals surface area contributed by atoms with Gasteiger partial charge >= 0.3 is 0 Å². The van der Waals surface area contributed by atoms with Gasteiger partial charge in [0.15, 0.2) is 5.82 Å². The zero-order valence-electron chi connectivity index (χ0n) is 12.8. The number of aromatic amines is 1. The van der Waals surface area contributed by atoms with E-state index in [2.05, 4.69) is 20.5 Å². The summed E-state index contributed by atoms with van der Waals surface area (Å²) in [5.74, 6) is 1.04. The van der Waals surface area contributed by atoms with E-state index >= 15 is 0 Å². The maximum Gasteiger partial charge on any atom is 0.246 e. The third-order valence-corrected chi connectivity index (χ3v) is 3.58. The summed E-state index contributed by atoms with van der Waals surface area (Å²) in [6.07, 6.45) is 2.20. The van der Waals surface area contributed by atoms with E-state index in [-0.39, 0.29) is 18.6 Å². The van der Waals surface area contributed by atoms with Crippen LogP contribution in [0.3, 0.4) is 0 Å². The topological polar surface area (TPSA) is 89.1 Å². The number of hydrogen-bond donors (Lipinski definition) is 2. The molecule has 1 aromatic carbocycles. The number of nitrogens with zero attached hydrogens (tertiary/aromatic N) is 2. The van der Waals surface area contributed by atoms with Crippen molar-refractivity contribution < 1.29 is 14.3 Å². The fraction of sp³-hybridized carbons (Fsp3) is 0.438. The van der Waals surface area contributed by atoms with Crippen LogP contribution in [-0.2, 0) is 20.8 Å². The van der Waals surface area contributed by atoms with Gasteiger partial charge in [-0.1, -0.05) is 30.3 Å². The standard InChI is InChI=1S/C16H20N4O3/c21-15(11-22-10-13-7-4-8-23-13)17-9-14-18-16(20-19-14)12-5-2-1-3-6-12/h1-3,5-6,13H,4,7-11H2,(H,17,21)(H,18,19,20). The van der Waals surface area contributed by atoms with Crippen LogP contribution in [0.2, 0.25) is 0 Å². The molecule has 1 saturated heterocycles. The van der Waals surface area contributed by atoms with Gasteiger partial charge in [-0.25, -0.2) is 4.98 Å². The molecule has 3 rings (SSSR count). The summed E-state index contributed by atoms with van der Waals surface area (Å²) >= 11 is 0. The first kappa shape index (κ1) is 15.6. The van der Waals surface area contributed by atoms with Crippen LogP contribution in [0.4, 0.5) is 0 Å². The highest BCUT2D eigenvalue weighted by Gasteiger charge is 2.16. The van der Waals surface area contributed by atoms with Gasteiger partial charge in [0.2, 0.25) is 5.91 Å². The number of carbonyl (C=O) groups excluding carboxylic acids is 1. The predicted octanol–water partition coefficient (Wildman–Crippen LogP) is 1.28. The van der Waals surface area contributed by atoms with E-state index in [1.165, 1.54) is 0 Å². The molecular formula is C16H20N4O3. The molecule has 1 atom stereocenters. The summed E-state index contributed by atoms with van der Waals surface area (Å²) in [7, 11) is 0. The maximum atomic E-state index is 11.7. The van der Waals surface area contributed by atoms with Crippen molar-refractivity contribution in [2.45, 2.75) is 25.5 Å². The Morgan fingerprint density at radius 3 is 3.04 bits per heavy atom. The fourth-order valence-electron chi connectivity index (χ4n) is 2.38. The van der Waals surface area contributed by atoms with Gasteiger partial charge in [0, 0.05) is 12.2 Å². The van der Waals surface area contributed by atoms with E-state index in [9.17, 15) is 4.79 Å². The van der Waals surface area contributed by atoms with E-state index in [0.717, 1.165) is 25.0 Å². The molecule has 0 saturated carbocycles. The van der Waals surface area contributed by atoms with Crippen molar-refractivity contribution >= 4 is 5.91 Å². The predicted molar refractivity (Wildman–Crippen MR) is 83.5 cm³/mol. The minimum Gasteiger partial charge on any atom is -0.376 e. The van der Waals surface area contributed by atoms with Crippen molar-refractivity contribution in [2.24, 2.45) is 0 Å². The molecule has 2 aromatic rings. The monoisotopic (exact) mass is 316 g/mol. The second-order valence-electron chi connectivity index (χ2n) is 5.40. The summed E-state index contributed by atoms with van der Waals surface area (Å²) in [6, 6.07) is 9.67. The first-order valence-corrected chi connectivity index (χ1v) is 7.74. The number of nitrogens with one attached hydrogen (secondary N) is 2. The summed E-state index contributed by atoms with van der Waals surface area (Å²) in [5.41, 5.74) is 0.932. The summed E-state index contributed by atoms with van der Waals surface area (Å²) < 4.78 is 10.8. The van der Waals surface area contributed by atoms with Crippen molar-refractivity contribution in [1.29, 1.82) is 0 Å². The normalized spacial score (nSPS) is 17.3. The highest BCUT2D eigenvalue weighted by Crippen LogP contribution is 2.13. The Hall–Kier alpha value is -2.25. The van der Waals surface area contributed by atoms with Crippen LogP contribution in [0.25, 0.3) is 11.4 Å². The molecule has 0 aliphatic carbocycles. The Labute approximate surface area is 134 Å². The van der Waals surface area contributed by atoms with Gasteiger partial charge < -0.3 is 14.8 Å². The zero-order chi connectivity index (χ0) is 15.9. The number of H-pyrrole nitrogens is 1. The fourth-order valence-corrected chi connectivity index (χ4v) is 2.38. The molecule has 0 radical (unpaired) electrons. The van der Waals surface area contributed by atoms with Crippen molar-refractivity contribution in [2.75, 3.05) is 19.8 Å². The first-order valence-electron chi connectivity index (χ1n) is 7.74. The molecular weight excluding hydrogens is 296 g/mol. The number of rotatable bonds is 7. The number of hydrogen-bond acceptors (Lipinski definition) is 5. The number of ether oxygens (including phenoxy) is 2. The first-order chi connectivity index (χ1) is 11.3. The lowest BCUT2D eigenvalue weighted by Gasteiger charge is -2.09. The molecule has 7 heteroatoms. The minimum atomic E-state index is -0.180. The summed E-state index contributed by atoms with van der Waals surface area (Å²) in [5, 5.41) is 9.72. The Morgan fingerprint density at radius 1 is 1.39 bits per heavy atom. The quantitative estimate of drug-likeness (QED) is 0.803. The van der Waals surface area contributed by atoms with E-state index < -0.39 is 0 Å².